The summed E-state index contributed by atoms with van der Waals surface area (Å²) >= 11 is 0. The van der Waals surface area contributed by atoms with Crippen molar-refractivity contribution in [2.24, 2.45) is 0 Å². The Morgan fingerprint density at radius 2 is 0.667 bits per heavy atom. The number of hydrogen-bond acceptors (Lipinski definition) is 10. The molecule has 0 aromatic rings. The van der Waals surface area contributed by atoms with Gasteiger partial charge in [-0.2, -0.15) is 0 Å². The van der Waals surface area contributed by atoms with Gasteiger partial charge >= 0.3 is 25.7 Å². The van der Waals surface area contributed by atoms with Crippen LogP contribution in [-0.2, 0) is 42.2 Å². The topological polar surface area (TPSA) is 155 Å². The van der Waals surface area contributed by atoms with E-state index in [4.69, 9.17) is 23.3 Å². The van der Waals surface area contributed by atoms with E-state index in [1.54, 1.807) is 0 Å². The zero-order valence-corrected chi connectivity index (χ0v) is 50.0. The highest BCUT2D eigenvalue weighted by Crippen LogP contribution is 2.43. The van der Waals surface area contributed by atoms with Crippen molar-refractivity contribution in [1.82, 2.24) is 0 Å². The van der Waals surface area contributed by atoms with Crippen LogP contribution in [0.2, 0.25) is 0 Å². The molecule has 3 atom stereocenters. The van der Waals surface area contributed by atoms with E-state index in [-0.39, 0.29) is 25.9 Å². The average molecular weight is 1110 g/mol. The first-order chi connectivity index (χ1) is 38.2. The normalized spacial score (nSPS) is 14.2. The van der Waals surface area contributed by atoms with Crippen LogP contribution < -0.4 is 0 Å². The fourth-order valence-electron chi connectivity index (χ4n) is 7.78. The van der Waals surface area contributed by atoms with Gasteiger partial charge in [0.1, 0.15) is 12.7 Å². The Balaban J connectivity index is 4.81. The lowest BCUT2D eigenvalue weighted by atomic mass is 10.1. The number of esters is 3. The molecular weight excluding hydrogens is 1000 g/mol. The summed E-state index contributed by atoms with van der Waals surface area (Å²) in [5, 5.41) is 9.83. The molecule has 0 saturated heterocycles. The minimum Gasteiger partial charge on any atom is -0.462 e. The lowest BCUT2D eigenvalue weighted by Crippen LogP contribution is -2.30. The summed E-state index contributed by atoms with van der Waals surface area (Å²) in [4.78, 5) is 48.7. The third-order valence-corrected chi connectivity index (χ3v) is 13.3. The van der Waals surface area contributed by atoms with Gasteiger partial charge in [0.05, 0.1) is 19.8 Å². The van der Waals surface area contributed by atoms with Crippen molar-refractivity contribution < 1.29 is 52.2 Å². The molecule has 0 fully saturated rings. The van der Waals surface area contributed by atoms with Crippen molar-refractivity contribution in [3.05, 3.63) is 122 Å². The van der Waals surface area contributed by atoms with Crippen LogP contribution in [0.1, 0.15) is 239 Å². The van der Waals surface area contributed by atoms with E-state index < -0.39 is 57.8 Å². The highest BCUT2D eigenvalue weighted by atomic mass is 31.2. The molecule has 0 bridgehead atoms. The molecular formula is C66H109O11P. The Morgan fingerprint density at radius 3 is 1.05 bits per heavy atom. The van der Waals surface area contributed by atoms with E-state index in [2.05, 4.69) is 142 Å². The minimum absolute atomic E-state index is 0.118. The van der Waals surface area contributed by atoms with Crippen LogP contribution in [0, 0.1) is 0 Å². The maximum absolute atomic E-state index is 12.9. The molecule has 12 heteroatoms. The smallest absolute Gasteiger partial charge is 0.462 e. The van der Waals surface area contributed by atoms with Crippen molar-refractivity contribution in [1.29, 1.82) is 0 Å². The van der Waals surface area contributed by atoms with Gasteiger partial charge in [0.25, 0.3) is 0 Å². The molecule has 0 spiro atoms. The van der Waals surface area contributed by atoms with Crippen molar-refractivity contribution in [2.75, 3.05) is 26.4 Å². The predicted octanol–water partition coefficient (Wildman–Crippen LogP) is 18.4. The standard InChI is InChI=1S/C66H109O11P/c1-4-7-10-13-16-19-22-25-28-30-31-33-35-37-40-43-46-49-52-55-64(68)73-59-63(77-66(70)57-54-51-48-45-42-39-36-32-29-26-23-20-17-14-11-8-5-2)61-75-78(71,72)74-60-62(58-67)76-65(69)56-53-50-47-44-41-38-34-27-24-21-18-15-12-9-6-3/h7,9-10,12,16-21,25-29,31,33-34,41,44,62-63,67H,4-6,8,11,13-15,22-24,30,32,35-40,42-43,45-61H2,1-3H3,(H,71,72)/b10-7-,12-9-,19-16-,20-17-,21-18-,28-25-,29-26-,33-31-,34-27-,44-41-. The molecule has 0 rings (SSSR count). The molecule has 0 aromatic heterocycles. The van der Waals surface area contributed by atoms with Gasteiger partial charge in [-0.3, -0.25) is 23.4 Å². The number of phosphoric acid groups is 1. The molecule has 2 N–H and O–H groups in total. The van der Waals surface area contributed by atoms with Crippen molar-refractivity contribution >= 4 is 25.7 Å². The predicted molar refractivity (Wildman–Crippen MR) is 325 cm³/mol. The molecule has 11 nitrogen and oxygen atoms in total. The fourth-order valence-corrected chi connectivity index (χ4v) is 8.56. The van der Waals surface area contributed by atoms with Crippen molar-refractivity contribution in [3.8, 4) is 0 Å². The number of carbonyl (C=O) groups is 3. The number of hydrogen-bond donors (Lipinski definition) is 2. The molecule has 0 heterocycles. The molecule has 3 unspecified atom stereocenters. The summed E-state index contributed by atoms with van der Waals surface area (Å²) in [5.74, 6) is -1.54. The lowest BCUT2D eigenvalue weighted by molar-refractivity contribution is -0.161. The zero-order chi connectivity index (χ0) is 56.9. The van der Waals surface area contributed by atoms with E-state index in [9.17, 15) is 28.9 Å². The summed E-state index contributed by atoms with van der Waals surface area (Å²) in [5.41, 5.74) is 0. The van der Waals surface area contributed by atoms with Gasteiger partial charge in [-0.1, -0.05) is 213 Å². The lowest BCUT2D eigenvalue weighted by Gasteiger charge is -2.21. The molecule has 0 aliphatic carbocycles. The van der Waals surface area contributed by atoms with E-state index in [0.717, 1.165) is 141 Å². The number of aliphatic hydroxyl groups excluding tert-OH is 1. The Bertz CT molecular complexity index is 1770. The summed E-state index contributed by atoms with van der Waals surface area (Å²) in [6.07, 6.45) is 72.9. The number of rotatable bonds is 55. The van der Waals surface area contributed by atoms with E-state index in [0.29, 0.717) is 19.3 Å². The van der Waals surface area contributed by atoms with Crippen LogP contribution in [-0.4, -0.2) is 66.5 Å². The van der Waals surface area contributed by atoms with E-state index in [1.807, 2.05) is 0 Å². The fraction of sp³-hybridized carbons (Fsp3) is 0.652. The number of carbonyl (C=O) groups excluding carboxylic acids is 3. The molecule has 444 valence electrons. The van der Waals surface area contributed by atoms with Gasteiger partial charge < -0.3 is 24.2 Å². The first kappa shape index (κ1) is 73.9. The molecule has 0 saturated carbocycles. The van der Waals surface area contributed by atoms with Crippen LogP contribution in [0.15, 0.2) is 122 Å². The SMILES string of the molecule is CC/C=C\C/C=C\C/C=C\C/C=C\CCCCCCCCC(=O)OCC(COP(=O)(O)OCC(CO)OC(=O)CCCC/C=C\C/C=C\C/C=C\C/C=C\CC)OC(=O)CCCCCCCCC/C=C\C/C=C\CCCCC. The van der Waals surface area contributed by atoms with Gasteiger partial charge in [-0.05, 0) is 128 Å². The van der Waals surface area contributed by atoms with Gasteiger partial charge in [0.2, 0.25) is 0 Å². The largest absolute Gasteiger partial charge is 0.472 e. The van der Waals surface area contributed by atoms with Crippen LogP contribution in [0.5, 0.6) is 0 Å². The summed E-state index contributed by atoms with van der Waals surface area (Å²) < 4.78 is 39.6. The molecule has 78 heavy (non-hydrogen) atoms. The number of aliphatic hydroxyl groups is 1. The molecule has 0 radical (unpaired) electrons. The molecule has 0 amide bonds. The summed E-state index contributed by atoms with van der Waals surface area (Å²) in [7, 11) is -4.78. The Hall–Kier alpha value is -4.12. The van der Waals surface area contributed by atoms with E-state index >= 15 is 0 Å². The number of phosphoric ester groups is 1. The first-order valence-corrected chi connectivity index (χ1v) is 31.9. The van der Waals surface area contributed by atoms with Gasteiger partial charge in [-0.15, -0.1) is 0 Å². The Kier molecular flexibility index (Phi) is 55.9. The number of ether oxygens (including phenoxy) is 3. The molecule has 0 aliphatic heterocycles. The molecule has 0 aromatic carbocycles. The van der Waals surface area contributed by atoms with Crippen LogP contribution in [0.25, 0.3) is 0 Å². The molecule has 0 aliphatic rings. The number of unbranched alkanes of at least 4 members (excludes halogenated alkanes) is 18. The first-order valence-electron chi connectivity index (χ1n) is 30.4. The van der Waals surface area contributed by atoms with Gasteiger partial charge in [0.15, 0.2) is 6.10 Å². The number of allylic oxidation sites excluding steroid dienone is 20. The maximum atomic E-state index is 12.9. The minimum atomic E-state index is -4.78. The second-order valence-corrected chi connectivity index (χ2v) is 21.2. The van der Waals surface area contributed by atoms with Crippen LogP contribution in [0.4, 0.5) is 0 Å². The second-order valence-electron chi connectivity index (χ2n) is 19.7. The maximum Gasteiger partial charge on any atom is 0.472 e. The quantitative estimate of drug-likeness (QED) is 0.0197. The van der Waals surface area contributed by atoms with Crippen LogP contribution >= 0.6 is 7.82 Å². The van der Waals surface area contributed by atoms with Crippen molar-refractivity contribution in [3.63, 3.8) is 0 Å². The average Bonchev–Trinajstić information content (AvgIpc) is 3.43. The van der Waals surface area contributed by atoms with Crippen LogP contribution in [0.3, 0.4) is 0 Å². The Labute approximate surface area is 475 Å². The highest BCUT2D eigenvalue weighted by Gasteiger charge is 2.28. The second kappa shape index (κ2) is 59.0. The third kappa shape index (κ3) is 56.6. The third-order valence-electron chi connectivity index (χ3n) is 12.3. The van der Waals surface area contributed by atoms with Gasteiger partial charge in [-0.25, -0.2) is 4.57 Å². The van der Waals surface area contributed by atoms with E-state index in [1.165, 1.54) is 38.5 Å². The van der Waals surface area contributed by atoms with Crippen molar-refractivity contribution in [2.45, 2.75) is 251 Å². The Morgan fingerprint density at radius 1 is 0.372 bits per heavy atom. The highest BCUT2D eigenvalue weighted by molar-refractivity contribution is 7.47. The monoisotopic (exact) mass is 1110 g/mol. The summed E-state index contributed by atoms with van der Waals surface area (Å²) in [6.45, 7) is 4.32. The van der Waals surface area contributed by atoms with Gasteiger partial charge in [0, 0.05) is 19.3 Å². The zero-order valence-electron chi connectivity index (χ0n) is 49.1. The summed E-state index contributed by atoms with van der Waals surface area (Å²) in [6, 6.07) is 0.